The first-order chi connectivity index (χ1) is 16.2. The number of rotatable bonds is 7. The Morgan fingerprint density at radius 1 is 1.00 bits per heavy atom. The molecule has 3 aromatic carbocycles. The van der Waals surface area contributed by atoms with Crippen LogP contribution in [0.15, 0.2) is 70.7 Å². The summed E-state index contributed by atoms with van der Waals surface area (Å²) in [6, 6.07) is 20.2. The summed E-state index contributed by atoms with van der Waals surface area (Å²) in [6.45, 7) is 5.66. The Bertz CT molecular complexity index is 1310. The molecule has 2 N–H and O–H groups in total. The number of carbonyl (C=O) groups is 2. The summed E-state index contributed by atoms with van der Waals surface area (Å²) in [5.74, 6) is -0.301. The quantitative estimate of drug-likeness (QED) is 0.299. The highest BCUT2D eigenvalue weighted by molar-refractivity contribution is 9.10. The van der Waals surface area contributed by atoms with Crippen LogP contribution in [-0.4, -0.2) is 18.4 Å². The zero-order valence-corrected chi connectivity index (χ0v) is 20.7. The average molecular weight is 518 g/mol. The van der Waals surface area contributed by atoms with E-state index in [0.717, 1.165) is 16.7 Å². The van der Waals surface area contributed by atoms with Crippen molar-refractivity contribution in [3.8, 4) is 11.8 Å². The van der Waals surface area contributed by atoms with E-state index in [2.05, 4.69) is 26.6 Å². The number of ether oxygens (including phenoxy) is 1. The van der Waals surface area contributed by atoms with Crippen molar-refractivity contribution in [2.24, 2.45) is 0 Å². The Morgan fingerprint density at radius 2 is 1.76 bits per heavy atom. The predicted octanol–water partition coefficient (Wildman–Crippen LogP) is 5.94. The zero-order chi connectivity index (χ0) is 24.7. The minimum Gasteiger partial charge on any atom is -0.483 e. The minimum absolute atomic E-state index is 0.0296. The van der Waals surface area contributed by atoms with Gasteiger partial charge in [0.05, 0.1) is 4.47 Å². The van der Waals surface area contributed by atoms with Crippen LogP contribution in [0.3, 0.4) is 0 Å². The number of halogens is 1. The number of benzene rings is 3. The van der Waals surface area contributed by atoms with Gasteiger partial charge in [-0.2, -0.15) is 5.26 Å². The molecule has 6 nitrogen and oxygen atoms in total. The second-order valence-electron chi connectivity index (χ2n) is 7.84. The molecule has 172 valence electrons. The summed E-state index contributed by atoms with van der Waals surface area (Å²) < 4.78 is 6.21. The lowest BCUT2D eigenvalue weighted by molar-refractivity contribution is -0.118. The van der Waals surface area contributed by atoms with Gasteiger partial charge in [-0.05, 0) is 89.8 Å². The molecular weight excluding hydrogens is 494 g/mol. The molecule has 0 heterocycles. The van der Waals surface area contributed by atoms with Gasteiger partial charge in [0.1, 0.15) is 17.4 Å². The molecule has 2 amide bonds. The van der Waals surface area contributed by atoms with E-state index in [9.17, 15) is 14.9 Å². The fraction of sp³-hybridized carbons (Fsp3) is 0.148. The van der Waals surface area contributed by atoms with Gasteiger partial charge in [-0.15, -0.1) is 0 Å². The highest BCUT2D eigenvalue weighted by atomic mass is 79.9. The SMILES string of the molecule is Cc1cccc(NC(=O)COc2ccc(/C=C(\C#N)C(=O)Nc3ccc(C)cc3C)cc2Br)c1. The molecule has 0 spiro atoms. The molecule has 0 aliphatic heterocycles. The summed E-state index contributed by atoms with van der Waals surface area (Å²) in [5, 5.41) is 15.1. The molecule has 0 unspecified atom stereocenters. The van der Waals surface area contributed by atoms with E-state index in [4.69, 9.17) is 4.74 Å². The van der Waals surface area contributed by atoms with Crippen LogP contribution in [0, 0.1) is 32.1 Å². The highest BCUT2D eigenvalue weighted by Crippen LogP contribution is 2.27. The van der Waals surface area contributed by atoms with Crippen LogP contribution < -0.4 is 15.4 Å². The first-order valence-electron chi connectivity index (χ1n) is 10.5. The lowest BCUT2D eigenvalue weighted by Crippen LogP contribution is -2.20. The lowest BCUT2D eigenvalue weighted by atomic mass is 10.1. The van der Waals surface area contributed by atoms with Crippen LogP contribution in [-0.2, 0) is 9.59 Å². The lowest BCUT2D eigenvalue weighted by Gasteiger charge is -2.10. The second-order valence-corrected chi connectivity index (χ2v) is 8.69. The first kappa shape index (κ1) is 24.7. The summed E-state index contributed by atoms with van der Waals surface area (Å²) in [6.07, 6.45) is 1.50. The van der Waals surface area contributed by atoms with Crippen molar-refractivity contribution in [1.82, 2.24) is 0 Å². The van der Waals surface area contributed by atoms with Gasteiger partial charge in [0.15, 0.2) is 6.61 Å². The van der Waals surface area contributed by atoms with Crippen molar-refractivity contribution in [3.05, 3.63) is 93.0 Å². The third kappa shape index (κ3) is 6.80. The van der Waals surface area contributed by atoms with Crippen LogP contribution in [0.25, 0.3) is 6.08 Å². The molecule has 0 saturated carbocycles. The third-order valence-electron chi connectivity index (χ3n) is 4.92. The van der Waals surface area contributed by atoms with E-state index in [-0.39, 0.29) is 18.1 Å². The van der Waals surface area contributed by atoms with Crippen LogP contribution in [0.5, 0.6) is 5.75 Å². The van der Waals surface area contributed by atoms with Crippen LogP contribution in [0.4, 0.5) is 11.4 Å². The maximum Gasteiger partial charge on any atom is 0.266 e. The molecule has 0 radical (unpaired) electrons. The Labute approximate surface area is 207 Å². The number of carbonyl (C=O) groups excluding carboxylic acids is 2. The maximum absolute atomic E-state index is 12.6. The maximum atomic E-state index is 12.6. The van der Waals surface area contributed by atoms with Gasteiger partial charge < -0.3 is 15.4 Å². The molecule has 0 aliphatic rings. The van der Waals surface area contributed by atoms with Gasteiger partial charge in [-0.3, -0.25) is 9.59 Å². The third-order valence-corrected chi connectivity index (χ3v) is 5.54. The molecule has 0 saturated heterocycles. The van der Waals surface area contributed by atoms with E-state index in [1.807, 2.05) is 69.3 Å². The molecule has 3 rings (SSSR count). The number of aryl methyl sites for hydroxylation is 3. The van der Waals surface area contributed by atoms with Crippen molar-refractivity contribution in [2.45, 2.75) is 20.8 Å². The smallest absolute Gasteiger partial charge is 0.266 e. The van der Waals surface area contributed by atoms with E-state index in [1.165, 1.54) is 6.08 Å². The number of hydrogen-bond acceptors (Lipinski definition) is 4. The van der Waals surface area contributed by atoms with Gasteiger partial charge in [-0.1, -0.05) is 35.9 Å². The Morgan fingerprint density at radius 3 is 2.44 bits per heavy atom. The molecule has 0 atom stereocenters. The van der Waals surface area contributed by atoms with Crippen LogP contribution >= 0.6 is 15.9 Å². The van der Waals surface area contributed by atoms with Crippen molar-refractivity contribution in [1.29, 1.82) is 5.26 Å². The second kappa shape index (κ2) is 11.3. The van der Waals surface area contributed by atoms with Gasteiger partial charge in [0.2, 0.25) is 0 Å². The fourth-order valence-electron chi connectivity index (χ4n) is 3.25. The predicted molar refractivity (Wildman–Crippen MR) is 138 cm³/mol. The highest BCUT2D eigenvalue weighted by Gasteiger charge is 2.12. The van der Waals surface area contributed by atoms with Crippen molar-refractivity contribution >= 4 is 45.2 Å². The minimum atomic E-state index is -0.487. The monoisotopic (exact) mass is 517 g/mol. The molecule has 0 aromatic heterocycles. The summed E-state index contributed by atoms with van der Waals surface area (Å²) in [5.41, 5.74) is 5.02. The van der Waals surface area contributed by atoms with Crippen LogP contribution in [0.2, 0.25) is 0 Å². The van der Waals surface area contributed by atoms with Crippen LogP contribution in [0.1, 0.15) is 22.3 Å². The van der Waals surface area contributed by atoms with Gasteiger partial charge >= 0.3 is 0 Å². The van der Waals surface area contributed by atoms with Gasteiger partial charge in [0, 0.05) is 11.4 Å². The number of nitrogens with one attached hydrogen (secondary N) is 2. The van der Waals surface area contributed by atoms with E-state index >= 15 is 0 Å². The number of hydrogen-bond donors (Lipinski definition) is 2. The standard InChI is InChI=1S/C27H24BrN3O3/c1-17-5-4-6-22(12-17)30-26(32)16-34-25-10-8-20(14-23(25)28)13-21(15-29)27(33)31-24-9-7-18(2)11-19(24)3/h4-14H,16H2,1-3H3,(H,30,32)(H,31,33)/b21-13+. The van der Waals surface area contributed by atoms with E-state index in [1.54, 1.807) is 18.2 Å². The fourth-order valence-corrected chi connectivity index (χ4v) is 3.76. The Balaban J connectivity index is 1.65. The summed E-state index contributed by atoms with van der Waals surface area (Å²) in [4.78, 5) is 24.8. The molecule has 0 fully saturated rings. The molecule has 7 heteroatoms. The topological polar surface area (TPSA) is 91.2 Å². The van der Waals surface area contributed by atoms with E-state index < -0.39 is 5.91 Å². The largest absolute Gasteiger partial charge is 0.483 e. The first-order valence-corrected chi connectivity index (χ1v) is 11.3. The normalized spacial score (nSPS) is 10.9. The summed E-state index contributed by atoms with van der Waals surface area (Å²) in [7, 11) is 0. The Kier molecular flexibility index (Phi) is 8.23. The number of anilines is 2. The van der Waals surface area contributed by atoms with Crippen molar-refractivity contribution in [3.63, 3.8) is 0 Å². The number of nitriles is 1. The Hall–Kier alpha value is -3.89. The number of nitrogens with zero attached hydrogens (tertiary/aromatic N) is 1. The van der Waals surface area contributed by atoms with Gasteiger partial charge in [0.25, 0.3) is 11.8 Å². The zero-order valence-electron chi connectivity index (χ0n) is 19.1. The number of amides is 2. The molecular formula is C27H24BrN3O3. The van der Waals surface area contributed by atoms with E-state index in [0.29, 0.717) is 27.2 Å². The van der Waals surface area contributed by atoms with Gasteiger partial charge in [-0.25, -0.2) is 0 Å². The van der Waals surface area contributed by atoms with Crippen molar-refractivity contribution < 1.29 is 14.3 Å². The molecule has 3 aromatic rings. The summed E-state index contributed by atoms with van der Waals surface area (Å²) >= 11 is 3.42. The molecule has 34 heavy (non-hydrogen) atoms. The molecule has 0 aliphatic carbocycles. The average Bonchev–Trinajstić information content (AvgIpc) is 2.78. The molecule has 0 bridgehead atoms. The van der Waals surface area contributed by atoms with Crippen molar-refractivity contribution in [2.75, 3.05) is 17.2 Å².